The second-order valence-corrected chi connectivity index (χ2v) is 10.5. The number of rotatable bonds is 2. The Labute approximate surface area is 161 Å². The van der Waals surface area contributed by atoms with Gasteiger partial charge in [-0.1, -0.05) is 45.0 Å². The third-order valence-electron chi connectivity index (χ3n) is 7.64. The van der Waals surface area contributed by atoms with Gasteiger partial charge in [0.25, 0.3) is 0 Å². The highest BCUT2D eigenvalue weighted by Crippen LogP contribution is 2.59. The zero-order valence-electron chi connectivity index (χ0n) is 16.7. The lowest BCUT2D eigenvalue weighted by atomic mass is 9.67. The van der Waals surface area contributed by atoms with E-state index < -0.39 is 0 Å². The Balaban J connectivity index is 1.24. The molecule has 1 spiro atoms. The first-order chi connectivity index (χ1) is 12.7. The van der Waals surface area contributed by atoms with Gasteiger partial charge in [0.2, 0.25) is 11.8 Å². The van der Waals surface area contributed by atoms with Crippen molar-refractivity contribution >= 4 is 11.8 Å². The van der Waals surface area contributed by atoms with Crippen LogP contribution in [-0.2, 0) is 20.4 Å². The van der Waals surface area contributed by atoms with Crippen molar-refractivity contribution in [1.82, 2.24) is 10.2 Å². The molecule has 27 heavy (non-hydrogen) atoms. The Morgan fingerprint density at radius 1 is 1.15 bits per heavy atom. The van der Waals surface area contributed by atoms with E-state index >= 15 is 0 Å². The molecule has 4 nitrogen and oxygen atoms in total. The van der Waals surface area contributed by atoms with Gasteiger partial charge in [-0.15, -0.1) is 0 Å². The monoisotopic (exact) mass is 366 g/mol. The summed E-state index contributed by atoms with van der Waals surface area (Å²) in [7, 11) is 0. The zero-order valence-corrected chi connectivity index (χ0v) is 16.7. The van der Waals surface area contributed by atoms with Crippen LogP contribution in [0.5, 0.6) is 0 Å². The summed E-state index contributed by atoms with van der Waals surface area (Å²) >= 11 is 0. The molecule has 2 atom stereocenters. The molecule has 1 aromatic carbocycles. The average molecular weight is 367 g/mol. The number of fused-ring (bicyclic) bond motifs is 1. The fourth-order valence-electron chi connectivity index (χ4n) is 5.80. The third-order valence-corrected chi connectivity index (χ3v) is 7.64. The van der Waals surface area contributed by atoms with E-state index in [2.05, 4.69) is 55.3 Å². The number of amides is 2. The van der Waals surface area contributed by atoms with Gasteiger partial charge >= 0.3 is 0 Å². The number of hydrogen-bond donors (Lipinski definition) is 1. The van der Waals surface area contributed by atoms with Gasteiger partial charge in [-0.25, -0.2) is 0 Å². The first-order valence-corrected chi connectivity index (χ1v) is 10.4. The van der Waals surface area contributed by atoms with Crippen LogP contribution in [0.1, 0.15) is 64.0 Å². The summed E-state index contributed by atoms with van der Waals surface area (Å²) in [6.45, 7) is 8.52. The Bertz CT molecular complexity index is 801. The summed E-state index contributed by atoms with van der Waals surface area (Å²) in [6, 6.07) is 9.12. The van der Waals surface area contributed by atoms with Crippen molar-refractivity contribution in [2.75, 3.05) is 13.1 Å². The quantitative estimate of drug-likeness (QED) is 0.874. The Morgan fingerprint density at radius 2 is 1.85 bits per heavy atom. The fraction of sp³-hybridized carbons (Fsp3) is 0.652. The molecule has 4 fully saturated rings. The van der Waals surface area contributed by atoms with E-state index in [0.717, 1.165) is 32.4 Å². The molecule has 4 aliphatic rings. The maximum atomic E-state index is 13.0. The standard InChI is InChI=1S/C23H30N2O2/c1-21(2,3)16-4-6-17(7-5-16)23-12-18(23)13-25(14-23)20(27)15-10-22(11-15)9-8-19(26)24-22/h4-7,15,18H,8-14H2,1-3H3,(H,24,26)/t15-,18?,22+,23?. The van der Waals surface area contributed by atoms with Crippen LogP contribution in [-0.4, -0.2) is 35.3 Å². The van der Waals surface area contributed by atoms with Crippen molar-refractivity contribution in [1.29, 1.82) is 0 Å². The number of likely N-dealkylation sites (tertiary alicyclic amines) is 1. The number of carbonyl (C=O) groups excluding carboxylic acids is 2. The van der Waals surface area contributed by atoms with Crippen LogP contribution >= 0.6 is 0 Å². The summed E-state index contributed by atoms with van der Waals surface area (Å²) in [5, 5.41) is 3.10. The molecule has 2 aliphatic heterocycles. The van der Waals surface area contributed by atoms with Crippen LogP contribution in [0.15, 0.2) is 24.3 Å². The Kier molecular flexibility index (Phi) is 3.43. The lowest BCUT2D eigenvalue weighted by molar-refractivity contribution is -0.141. The molecule has 1 N–H and O–H groups in total. The lowest BCUT2D eigenvalue weighted by Gasteiger charge is -2.45. The molecular formula is C23H30N2O2. The van der Waals surface area contributed by atoms with Gasteiger partial charge in [0.1, 0.15) is 0 Å². The van der Waals surface area contributed by atoms with E-state index in [1.165, 1.54) is 17.5 Å². The van der Waals surface area contributed by atoms with Crippen LogP contribution in [0.25, 0.3) is 0 Å². The van der Waals surface area contributed by atoms with E-state index in [1.54, 1.807) is 0 Å². The number of benzene rings is 1. The van der Waals surface area contributed by atoms with Crippen molar-refractivity contribution in [3.05, 3.63) is 35.4 Å². The average Bonchev–Trinajstić information content (AvgIpc) is 2.96. The summed E-state index contributed by atoms with van der Waals surface area (Å²) in [5.41, 5.74) is 3.09. The summed E-state index contributed by atoms with van der Waals surface area (Å²) < 4.78 is 0. The smallest absolute Gasteiger partial charge is 0.225 e. The van der Waals surface area contributed by atoms with Crippen molar-refractivity contribution in [3.63, 3.8) is 0 Å². The predicted molar refractivity (Wildman–Crippen MR) is 104 cm³/mol. The SMILES string of the molecule is CC(C)(C)c1ccc(C23CC2CN(C(=O)[C@H]2C[C@]4(CCC(=O)N4)C2)C3)cc1. The van der Waals surface area contributed by atoms with E-state index in [0.29, 0.717) is 18.2 Å². The summed E-state index contributed by atoms with van der Waals surface area (Å²) in [5.74, 6) is 1.21. The molecule has 5 rings (SSSR count). The van der Waals surface area contributed by atoms with E-state index in [9.17, 15) is 9.59 Å². The molecule has 0 bridgehead atoms. The predicted octanol–water partition coefficient (Wildman–Crippen LogP) is 3.14. The molecule has 2 heterocycles. The molecule has 144 valence electrons. The van der Waals surface area contributed by atoms with Gasteiger partial charge in [-0.05, 0) is 48.1 Å². The van der Waals surface area contributed by atoms with Crippen molar-refractivity contribution in [2.24, 2.45) is 11.8 Å². The molecule has 2 amide bonds. The summed E-state index contributed by atoms with van der Waals surface area (Å²) in [6.07, 6.45) is 4.43. The highest BCUT2D eigenvalue weighted by Gasteiger charge is 2.63. The number of nitrogens with zero attached hydrogens (tertiary/aromatic N) is 1. The van der Waals surface area contributed by atoms with Crippen molar-refractivity contribution in [3.8, 4) is 0 Å². The number of carbonyl (C=O) groups is 2. The van der Waals surface area contributed by atoms with E-state index in [-0.39, 0.29) is 28.2 Å². The number of piperidine rings is 1. The first kappa shape index (κ1) is 17.3. The Morgan fingerprint density at radius 3 is 2.44 bits per heavy atom. The minimum Gasteiger partial charge on any atom is -0.351 e. The van der Waals surface area contributed by atoms with Crippen molar-refractivity contribution < 1.29 is 9.59 Å². The molecule has 2 saturated carbocycles. The molecule has 4 heteroatoms. The van der Waals surface area contributed by atoms with Crippen LogP contribution in [0, 0.1) is 11.8 Å². The van der Waals surface area contributed by atoms with E-state index in [4.69, 9.17) is 0 Å². The lowest BCUT2D eigenvalue weighted by Crippen LogP contribution is -2.56. The first-order valence-electron chi connectivity index (χ1n) is 10.4. The largest absolute Gasteiger partial charge is 0.351 e. The molecule has 2 unspecified atom stereocenters. The molecule has 0 radical (unpaired) electrons. The third kappa shape index (κ3) is 2.63. The summed E-state index contributed by atoms with van der Waals surface area (Å²) in [4.78, 5) is 26.6. The number of nitrogens with one attached hydrogen (secondary N) is 1. The maximum Gasteiger partial charge on any atom is 0.225 e. The Hall–Kier alpha value is -1.84. The van der Waals surface area contributed by atoms with E-state index in [1.807, 2.05) is 0 Å². The molecule has 0 aromatic heterocycles. The van der Waals surface area contributed by atoms with Gasteiger partial charge < -0.3 is 10.2 Å². The minimum absolute atomic E-state index is 0.0550. The number of hydrogen-bond acceptors (Lipinski definition) is 2. The van der Waals surface area contributed by atoms with Gasteiger partial charge in [0.05, 0.1) is 0 Å². The normalized spacial score (nSPS) is 37.1. The molecule has 2 aliphatic carbocycles. The van der Waals surface area contributed by atoms with Crippen LogP contribution in [0.3, 0.4) is 0 Å². The molecule has 1 aromatic rings. The van der Waals surface area contributed by atoms with Crippen molar-refractivity contribution in [2.45, 2.75) is 69.2 Å². The van der Waals surface area contributed by atoms with Gasteiger partial charge in [-0.2, -0.15) is 0 Å². The minimum atomic E-state index is -0.0550. The van der Waals surface area contributed by atoms with Gasteiger partial charge in [0.15, 0.2) is 0 Å². The molecule has 2 saturated heterocycles. The maximum absolute atomic E-state index is 13.0. The topological polar surface area (TPSA) is 49.4 Å². The highest BCUT2D eigenvalue weighted by molar-refractivity contribution is 5.84. The second-order valence-electron chi connectivity index (χ2n) is 10.5. The highest BCUT2D eigenvalue weighted by atomic mass is 16.2. The van der Waals surface area contributed by atoms with Crippen LogP contribution in [0.2, 0.25) is 0 Å². The van der Waals surface area contributed by atoms with Gasteiger partial charge in [-0.3, -0.25) is 9.59 Å². The van der Waals surface area contributed by atoms with Crippen LogP contribution in [0.4, 0.5) is 0 Å². The zero-order chi connectivity index (χ0) is 19.0. The second kappa shape index (κ2) is 5.36. The van der Waals surface area contributed by atoms with Gasteiger partial charge in [0, 0.05) is 36.4 Å². The van der Waals surface area contributed by atoms with Crippen LogP contribution < -0.4 is 5.32 Å². The molecular weight excluding hydrogens is 336 g/mol. The fourth-order valence-corrected chi connectivity index (χ4v) is 5.80.